The van der Waals surface area contributed by atoms with Crippen LogP contribution >= 0.6 is 0 Å². The summed E-state index contributed by atoms with van der Waals surface area (Å²) < 4.78 is 0. The van der Waals surface area contributed by atoms with Gasteiger partial charge in [-0.3, -0.25) is 4.79 Å². The highest BCUT2D eigenvalue weighted by molar-refractivity contribution is 5.76. The van der Waals surface area contributed by atoms with Gasteiger partial charge in [-0.1, -0.05) is 18.8 Å². The number of nitrogens with zero attached hydrogens (tertiary/aromatic N) is 3. The van der Waals surface area contributed by atoms with E-state index in [0.717, 1.165) is 18.7 Å². The van der Waals surface area contributed by atoms with Gasteiger partial charge >= 0.3 is 0 Å². The molecule has 0 aliphatic carbocycles. The van der Waals surface area contributed by atoms with Crippen LogP contribution < -0.4 is 21.7 Å². The summed E-state index contributed by atoms with van der Waals surface area (Å²) in [7, 11) is 0. The second kappa shape index (κ2) is 11.2. The van der Waals surface area contributed by atoms with E-state index >= 15 is 0 Å². The summed E-state index contributed by atoms with van der Waals surface area (Å²) >= 11 is 0. The van der Waals surface area contributed by atoms with Crippen LogP contribution in [-0.4, -0.2) is 35.5 Å². The van der Waals surface area contributed by atoms with Gasteiger partial charge in [0.2, 0.25) is 11.9 Å². The molecule has 1 amide bonds. The monoisotopic (exact) mass is 377 g/mol. The fourth-order valence-electron chi connectivity index (χ4n) is 2.17. The van der Waals surface area contributed by atoms with E-state index in [-0.39, 0.29) is 18.9 Å². The van der Waals surface area contributed by atoms with Gasteiger partial charge in [0.1, 0.15) is 5.82 Å². The number of anilines is 3. The highest BCUT2D eigenvalue weighted by atomic mass is 16.1. The Balaban J connectivity index is 2.11. The molecule has 0 saturated heterocycles. The van der Waals surface area contributed by atoms with Crippen LogP contribution in [0.3, 0.4) is 0 Å². The molecule has 0 aliphatic rings. The minimum Gasteiger partial charge on any atom is -0.369 e. The summed E-state index contributed by atoms with van der Waals surface area (Å²) in [5, 5.41) is 17.9. The molecule has 1 heterocycles. The molecular weight excluding hydrogens is 354 g/mol. The van der Waals surface area contributed by atoms with Crippen molar-refractivity contribution in [3.8, 4) is 17.9 Å². The number of hydrogen-bond acceptors (Lipinski definition) is 7. The van der Waals surface area contributed by atoms with Crippen molar-refractivity contribution in [2.75, 3.05) is 30.3 Å². The van der Waals surface area contributed by atoms with E-state index in [9.17, 15) is 4.79 Å². The van der Waals surface area contributed by atoms with E-state index in [1.807, 2.05) is 0 Å². The van der Waals surface area contributed by atoms with Crippen molar-refractivity contribution in [1.29, 1.82) is 5.26 Å². The number of benzene rings is 1. The van der Waals surface area contributed by atoms with Gasteiger partial charge in [0.25, 0.3) is 0 Å². The molecule has 0 radical (unpaired) electrons. The largest absolute Gasteiger partial charge is 0.369 e. The zero-order valence-electron chi connectivity index (χ0n) is 15.7. The summed E-state index contributed by atoms with van der Waals surface area (Å²) in [4.78, 5) is 20.2. The molecule has 1 aromatic heterocycles. The van der Waals surface area contributed by atoms with Gasteiger partial charge in [0, 0.05) is 25.2 Å². The number of nitrogens with one attached hydrogen (secondary N) is 3. The Labute approximate surface area is 164 Å². The zero-order chi connectivity index (χ0) is 20.2. The molecule has 2 rings (SSSR count). The Hall–Kier alpha value is -3.62. The number of rotatable bonds is 8. The molecule has 28 heavy (non-hydrogen) atoms. The number of nitrogens with two attached hydrogens (primary N) is 1. The molecule has 1 aromatic carbocycles. The van der Waals surface area contributed by atoms with Crippen molar-refractivity contribution in [1.82, 2.24) is 15.3 Å². The first-order valence-electron chi connectivity index (χ1n) is 9.00. The summed E-state index contributed by atoms with van der Waals surface area (Å²) in [6.45, 7) is 3.35. The number of carbonyl (C=O) groups excluding carboxylic acids is 1. The van der Waals surface area contributed by atoms with Crippen LogP contribution in [-0.2, 0) is 4.79 Å². The molecule has 0 spiro atoms. The lowest BCUT2D eigenvalue weighted by Crippen LogP contribution is -2.25. The molecule has 0 fully saturated rings. The number of nitriles is 1. The van der Waals surface area contributed by atoms with Crippen molar-refractivity contribution >= 4 is 23.4 Å². The molecule has 0 atom stereocenters. The topological polar surface area (TPSA) is 129 Å². The Morgan fingerprint density at radius 2 is 2.07 bits per heavy atom. The highest BCUT2D eigenvalue weighted by Gasteiger charge is 2.06. The molecule has 0 saturated carbocycles. The minimum atomic E-state index is -0.126. The van der Waals surface area contributed by atoms with E-state index in [1.165, 1.54) is 0 Å². The SMILES string of the molecule is CCCNc1nc(Nc2ccc(C#N)cc2)ncc1C#CCNC(=O)CCN. The number of hydrogen-bond donors (Lipinski definition) is 4. The number of carbonyl (C=O) groups is 1. The van der Waals surface area contributed by atoms with Gasteiger partial charge in [-0.05, 0) is 30.7 Å². The van der Waals surface area contributed by atoms with Crippen molar-refractivity contribution in [3.05, 3.63) is 41.6 Å². The molecule has 8 nitrogen and oxygen atoms in total. The molecule has 5 N–H and O–H groups in total. The van der Waals surface area contributed by atoms with E-state index in [4.69, 9.17) is 11.0 Å². The second-order valence-electron chi connectivity index (χ2n) is 5.81. The maximum Gasteiger partial charge on any atom is 0.229 e. The van der Waals surface area contributed by atoms with Crippen molar-refractivity contribution in [3.63, 3.8) is 0 Å². The Morgan fingerprint density at radius 3 is 2.75 bits per heavy atom. The van der Waals surface area contributed by atoms with Crippen molar-refractivity contribution in [2.45, 2.75) is 19.8 Å². The molecule has 8 heteroatoms. The molecule has 2 aromatic rings. The average Bonchev–Trinajstić information content (AvgIpc) is 2.71. The van der Waals surface area contributed by atoms with Crippen LogP contribution in [0.25, 0.3) is 0 Å². The van der Waals surface area contributed by atoms with Gasteiger partial charge in [-0.25, -0.2) is 4.98 Å². The quantitative estimate of drug-likeness (QED) is 0.516. The number of aromatic nitrogens is 2. The lowest BCUT2D eigenvalue weighted by atomic mass is 10.2. The Kier molecular flexibility index (Phi) is 8.25. The van der Waals surface area contributed by atoms with E-state index in [2.05, 4.69) is 50.8 Å². The molecule has 0 unspecified atom stereocenters. The lowest BCUT2D eigenvalue weighted by Gasteiger charge is -2.10. The highest BCUT2D eigenvalue weighted by Crippen LogP contribution is 2.17. The second-order valence-corrected chi connectivity index (χ2v) is 5.81. The maximum atomic E-state index is 11.4. The van der Waals surface area contributed by atoms with Gasteiger partial charge in [0.15, 0.2) is 0 Å². The number of amides is 1. The van der Waals surface area contributed by atoms with Gasteiger partial charge in [0.05, 0.1) is 29.9 Å². The Bertz CT molecular complexity index is 891. The maximum absolute atomic E-state index is 11.4. The molecule has 0 aliphatic heterocycles. The first kappa shape index (κ1) is 20.7. The smallest absolute Gasteiger partial charge is 0.229 e. The average molecular weight is 377 g/mol. The van der Waals surface area contributed by atoms with Crippen LogP contribution in [0, 0.1) is 23.2 Å². The van der Waals surface area contributed by atoms with E-state index in [1.54, 1.807) is 30.5 Å². The van der Waals surface area contributed by atoms with Crippen LogP contribution in [0.15, 0.2) is 30.5 Å². The summed E-state index contributed by atoms with van der Waals surface area (Å²) in [6.07, 6.45) is 2.85. The van der Waals surface area contributed by atoms with E-state index in [0.29, 0.717) is 29.4 Å². The van der Waals surface area contributed by atoms with Gasteiger partial charge < -0.3 is 21.7 Å². The summed E-state index contributed by atoms with van der Waals surface area (Å²) in [5.74, 6) is 6.79. The fourth-order valence-corrected chi connectivity index (χ4v) is 2.17. The standard InChI is InChI=1S/C20H23N7O/c1-2-11-24-19-16(4-3-12-23-18(28)9-10-21)14-25-20(27-19)26-17-7-5-15(13-22)6-8-17/h5-8,14H,2,9-12,21H2,1H3,(H,23,28)(H2,24,25,26,27). The van der Waals surface area contributed by atoms with Crippen molar-refractivity contribution in [2.24, 2.45) is 5.73 Å². The first-order chi connectivity index (χ1) is 13.7. The van der Waals surface area contributed by atoms with Crippen LogP contribution in [0.1, 0.15) is 30.9 Å². The zero-order valence-corrected chi connectivity index (χ0v) is 15.7. The lowest BCUT2D eigenvalue weighted by molar-refractivity contribution is -0.120. The predicted octanol–water partition coefficient (Wildman–Crippen LogP) is 1.73. The van der Waals surface area contributed by atoms with Crippen molar-refractivity contribution < 1.29 is 4.79 Å². The molecule has 144 valence electrons. The predicted molar refractivity (Wildman–Crippen MR) is 109 cm³/mol. The van der Waals surface area contributed by atoms with Crippen LogP contribution in [0.5, 0.6) is 0 Å². The van der Waals surface area contributed by atoms with Crippen LogP contribution in [0.2, 0.25) is 0 Å². The molecular formula is C20H23N7O. The summed E-state index contributed by atoms with van der Waals surface area (Å²) in [6, 6.07) is 9.10. The third-order valence-electron chi connectivity index (χ3n) is 3.57. The van der Waals surface area contributed by atoms with Gasteiger partial charge in [-0.2, -0.15) is 10.2 Å². The third-order valence-corrected chi connectivity index (χ3v) is 3.57. The third kappa shape index (κ3) is 6.60. The molecule has 0 bridgehead atoms. The van der Waals surface area contributed by atoms with Crippen LogP contribution in [0.4, 0.5) is 17.5 Å². The normalized spacial score (nSPS) is 9.61. The first-order valence-corrected chi connectivity index (χ1v) is 9.00. The minimum absolute atomic E-state index is 0.126. The van der Waals surface area contributed by atoms with E-state index < -0.39 is 0 Å². The van der Waals surface area contributed by atoms with Gasteiger partial charge in [-0.15, -0.1) is 0 Å². The fraction of sp³-hybridized carbons (Fsp3) is 0.300. The Morgan fingerprint density at radius 1 is 1.29 bits per heavy atom. The summed E-state index contributed by atoms with van der Waals surface area (Å²) in [5.41, 5.74) is 7.34.